The van der Waals surface area contributed by atoms with Gasteiger partial charge in [0.25, 0.3) is 0 Å². The fraction of sp³-hybridized carbons (Fsp3) is 0.500. The Balaban J connectivity index is 2.30. The average molecular weight is 248 g/mol. The van der Waals surface area contributed by atoms with Crippen molar-refractivity contribution in [2.24, 2.45) is 11.7 Å². The first-order valence-electron chi connectivity index (χ1n) is 6.40. The molecule has 0 bridgehead atoms. The SMILES string of the molecule is CC(C)[C@@H](N)C(=O)N1CCCOc2ccccc21. The molecule has 0 radical (unpaired) electrons. The second-order valence-electron chi connectivity index (χ2n) is 4.93. The summed E-state index contributed by atoms with van der Waals surface area (Å²) in [5.41, 5.74) is 6.80. The van der Waals surface area contributed by atoms with Gasteiger partial charge in [-0.1, -0.05) is 26.0 Å². The molecule has 2 N–H and O–H groups in total. The lowest BCUT2D eigenvalue weighted by atomic mass is 10.0. The minimum atomic E-state index is -0.462. The summed E-state index contributed by atoms with van der Waals surface area (Å²) >= 11 is 0. The molecule has 1 aromatic carbocycles. The van der Waals surface area contributed by atoms with E-state index in [-0.39, 0.29) is 11.8 Å². The van der Waals surface area contributed by atoms with E-state index in [1.165, 1.54) is 0 Å². The highest BCUT2D eigenvalue weighted by atomic mass is 16.5. The van der Waals surface area contributed by atoms with Crippen molar-refractivity contribution in [1.82, 2.24) is 0 Å². The van der Waals surface area contributed by atoms with Crippen LogP contribution in [0.2, 0.25) is 0 Å². The first-order valence-corrected chi connectivity index (χ1v) is 6.40. The third kappa shape index (κ3) is 2.48. The molecule has 98 valence electrons. The average Bonchev–Trinajstić information content (AvgIpc) is 2.59. The Morgan fingerprint density at radius 1 is 1.39 bits per heavy atom. The van der Waals surface area contributed by atoms with Crippen LogP contribution in [0.4, 0.5) is 5.69 Å². The molecule has 1 aromatic rings. The van der Waals surface area contributed by atoms with Crippen LogP contribution in [-0.4, -0.2) is 25.1 Å². The van der Waals surface area contributed by atoms with E-state index in [0.717, 1.165) is 17.9 Å². The predicted molar refractivity (Wildman–Crippen MR) is 71.7 cm³/mol. The lowest BCUT2D eigenvalue weighted by Gasteiger charge is -2.26. The predicted octanol–water partition coefficient (Wildman–Crippen LogP) is 1.79. The molecule has 4 heteroatoms. The van der Waals surface area contributed by atoms with Crippen molar-refractivity contribution in [1.29, 1.82) is 0 Å². The first kappa shape index (κ1) is 12.9. The van der Waals surface area contributed by atoms with Crippen LogP contribution in [0.3, 0.4) is 0 Å². The third-order valence-electron chi connectivity index (χ3n) is 3.21. The Hall–Kier alpha value is -1.55. The maximum Gasteiger partial charge on any atom is 0.244 e. The van der Waals surface area contributed by atoms with E-state index in [1.54, 1.807) is 4.90 Å². The second kappa shape index (κ2) is 5.40. The number of fused-ring (bicyclic) bond motifs is 1. The number of anilines is 1. The number of carbonyl (C=O) groups is 1. The smallest absolute Gasteiger partial charge is 0.244 e. The standard InChI is InChI=1S/C14H20N2O2/c1-10(2)13(15)14(17)16-8-5-9-18-12-7-4-3-6-11(12)16/h3-4,6-7,10,13H,5,8-9,15H2,1-2H3/t13-/m1/s1. The van der Waals surface area contributed by atoms with Gasteiger partial charge in [0.15, 0.2) is 0 Å². The molecule has 0 spiro atoms. The molecule has 1 amide bonds. The number of carbonyl (C=O) groups excluding carboxylic acids is 1. The van der Waals surface area contributed by atoms with Crippen LogP contribution in [0.15, 0.2) is 24.3 Å². The number of nitrogens with two attached hydrogens (primary N) is 1. The summed E-state index contributed by atoms with van der Waals surface area (Å²) in [5.74, 6) is 0.871. The Kier molecular flexibility index (Phi) is 3.87. The van der Waals surface area contributed by atoms with Gasteiger partial charge in [-0.05, 0) is 24.5 Å². The molecular formula is C14H20N2O2. The molecule has 1 heterocycles. The van der Waals surface area contributed by atoms with Crippen molar-refractivity contribution in [3.8, 4) is 5.75 Å². The highest BCUT2D eigenvalue weighted by molar-refractivity contribution is 5.98. The van der Waals surface area contributed by atoms with Gasteiger partial charge in [0, 0.05) is 6.54 Å². The van der Waals surface area contributed by atoms with Gasteiger partial charge in [0.05, 0.1) is 18.3 Å². The lowest BCUT2D eigenvalue weighted by molar-refractivity contribution is -0.120. The molecule has 0 aromatic heterocycles. The number of amides is 1. The number of nitrogens with zero attached hydrogens (tertiary/aromatic N) is 1. The highest BCUT2D eigenvalue weighted by Gasteiger charge is 2.27. The van der Waals surface area contributed by atoms with Crippen molar-refractivity contribution in [2.45, 2.75) is 26.3 Å². The summed E-state index contributed by atoms with van der Waals surface area (Å²) in [7, 11) is 0. The zero-order chi connectivity index (χ0) is 13.1. The zero-order valence-electron chi connectivity index (χ0n) is 10.9. The van der Waals surface area contributed by atoms with E-state index in [2.05, 4.69) is 0 Å². The molecule has 2 rings (SSSR count). The topological polar surface area (TPSA) is 55.6 Å². The van der Waals surface area contributed by atoms with Gasteiger partial charge in [0.2, 0.25) is 5.91 Å². The molecule has 0 fully saturated rings. The lowest BCUT2D eigenvalue weighted by Crippen LogP contribution is -2.47. The van der Waals surface area contributed by atoms with E-state index in [4.69, 9.17) is 10.5 Å². The van der Waals surface area contributed by atoms with Gasteiger partial charge in [-0.3, -0.25) is 4.79 Å². The van der Waals surface area contributed by atoms with Crippen LogP contribution >= 0.6 is 0 Å². The largest absolute Gasteiger partial charge is 0.491 e. The van der Waals surface area contributed by atoms with Crippen LogP contribution in [-0.2, 0) is 4.79 Å². The first-order chi connectivity index (χ1) is 8.61. The number of para-hydroxylation sites is 2. The van der Waals surface area contributed by atoms with E-state index in [9.17, 15) is 4.79 Å². The van der Waals surface area contributed by atoms with Crippen LogP contribution < -0.4 is 15.4 Å². The molecule has 4 nitrogen and oxygen atoms in total. The van der Waals surface area contributed by atoms with Gasteiger partial charge >= 0.3 is 0 Å². The van der Waals surface area contributed by atoms with Crippen LogP contribution in [0.25, 0.3) is 0 Å². The summed E-state index contributed by atoms with van der Waals surface area (Å²) in [6.07, 6.45) is 0.825. The van der Waals surface area contributed by atoms with Crippen molar-refractivity contribution >= 4 is 11.6 Å². The number of hydrogen-bond acceptors (Lipinski definition) is 3. The van der Waals surface area contributed by atoms with Gasteiger partial charge in [0.1, 0.15) is 5.75 Å². The van der Waals surface area contributed by atoms with Crippen LogP contribution in [0.1, 0.15) is 20.3 Å². The van der Waals surface area contributed by atoms with Crippen LogP contribution in [0, 0.1) is 5.92 Å². The number of benzene rings is 1. The molecule has 0 aliphatic carbocycles. The Bertz CT molecular complexity index is 432. The van der Waals surface area contributed by atoms with Gasteiger partial charge in [-0.25, -0.2) is 0 Å². The van der Waals surface area contributed by atoms with Crippen molar-refractivity contribution in [2.75, 3.05) is 18.1 Å². The second-order valence-corrected chi connectivity index (χ2v) is 4.93. The molecule has 18 heavy (non-hydrogen) atoms. The number of rotatable bonds is 2. The van der Waals surface area contributed by atoms with Gasteiger partial charge < -0.3 is 15.4 Å². The maximum atomic E-state index is 12.4. The summed E-state index contributed by atoms with van der Waals surface area (Å²) in [6.45, 7) is 5.22. The van der Waals surface area contributed by atoms with Crippen LogP contribution in [0.5, 0.6) is 5.75 Å². The number of ether oxygens (including phenoxy) is 1. The fourth-order valence-corrected chi connectivity index (χ4v) is 2.02. The fourth-order valence-electron chi connectivity index (χ4n) is 2.02. The van der Waals surface area contributed by atoms with Gasteiger partial charge in [-0.2, -0.15) is 0 Å². The summed E-state index contributed by atoms with van der Waals surface area (Å²) in [4.78, 5) is 14.2. The molecule has 1 aliphatic heterocycles. The van der Waals surface area contributed by atoms with Crippen molar-refractivity contribution < 1.29 is 9.53 Å². The minimum Gasteiger partial charge on any atom is -0.491 e. The van der Waals surface area contributed by atoms with Crippen molar-refractivity contribution in [3.63, 3.8) is 0 Å². The molecule has 0 saturated carbocycles. The molecule has 1 atom stereocenters. The Labute approximate surface area is 108 Å². The quantitative estimate of drug-likeness (QED) is 0.868. The number of hydrogen-bond donors (Lipinski definition) is 1. The summed E-state index contributed by atoms with van der Waals surface area (Å²) in [5, 5.41) is 0. The molecule has 0 unspecified atom stereocenters. The zero-order valence-corrected chi connectivity index (χ0v) is 10.9. The minimum absolute atomic E-state index is 0.0250. The maximum absolute atomic E-state index is 12.4. The Morgan fingerprint density at radius 2 is 2.11 bits per heavy atom. The third-order valence-corrected chi connectivity index (χ3v) is 3.21. The van der Waals surface area contributed by atoms with E-state index < -0.39 is 6.04 Å². The summed E-state index contributed by atoms with van der Waals surface area (Å²) < 4.78 is 5.63. The summed E-state index contributed by atoms with van der Waals surface area (Å²) in [6, 6.07) is 7.16. The molecular weight excluding hydrogens is 228 g/mol. The van der Waals surface area contributed by atoms with Crippen molar-refractivity contribution in [3.05, 3.63) is 24.3 Å². The Morgan fingerprint density at radius 3 is 2.83 bits per heavy atom. The molecule has 1 aliphatic rings. The highest BCUT2D eigenvalue weighted by Crippen LogP contribution is 2.31. The van der Waals surface area contributed by atoms with Gasteiger partial charge in [-0.15, -0.1) is 0 Å². The van der Waals surface area contributed by atoms with E-state index in [0.29, 0.717) is 13.2 Å². The normalized spacial score (nSPS) is 16.8. The molecule has 0 saturated heterocycles. The van der Waals surface area contributed by atoms with E-state index in [1.807, 2.05) is 38.1 Å². The monoisotopic (exact) mass is 248 g/mol. The van der Waals surface area contributed by atoms with E-state index >= 15 is 0 Å².